The Hall–Kier alpha value is -2.67. The van der Waals surface area contributed by atoms with Gasteiger partial charge in [-0.1, -0.05) is 12.1 Å². The van der Waals surface area contributed by atoms with Crippen LogP contribution in [0, 0.1) is 0 Å². The van der Waals surface area contributed by atoms with Gasteiger partial charge in [-0.2, -0.15) is 0 Å². The zero-order valence-electron chi connectivity index (χ0n) is 11.4. The molecule has 3 aromatic rings. The lowest BCUT2D eigenvalue weighted by molar-refractivity contribution is 0.101. The van der Waals surface area contributed by atoms with Crippen molar-refractivity contribution in [1.82, 2.24) is 14.9 Å². The number of para-hydroxylation sites is 2. The summed E-state index contributed by atoms with van der Waals surface area (Å²) in [6.07, 6.45) is 3.05. The third kappa shape index (κ3) is 2.35. The molecule has 0 spiro atoms. The quantitative estimate of drug-likeness (QED) is 0.725. The van der Waals surface area contributed by atoms with E-state index in [1.165, 1.54) is 16.2 Å². The standard InChI is InChI=1S/C15H11N3O3S/c19-15(18-6-5-11-13(7-18)22-9-16-11)20-8-14-17-10-3-1-2-4-12(10)21-14/h1-6,9H,7-8H2. The average Bonchev–Trinajstić information content (AvgIpc) is 3.17. The van der Waals surface area contributed by atoms with Crippen LogP contribution in [0.3, 0.4) is 0 Å². The van der Waals surface area contributed by atoms with E-state index in [1.54, 1.807) is 17.8 Å². The van der Waals surface area contributed by atoms with E-state index in [2.05, 4.69) is 9.97 Å². The van der Waals surface area contributed by atoms with E-state index < -0.39 is 6.09 Å². The number of hydrogen-bond acceptors (Lipinski definition) is 6. The van der Waals surface area contributed by atoms with Crippen LogP contribution in [0.5, 0.6) is 0 Å². The molecular weight excluding hydrogens is 302 g/mol. The van der Waals surface area contributed by atoms with Crippen LogP contribution in [-0.2, 0) is 17.9 Å². The topological polar surface area (TPSA) is 68.5 Å². The van der Waals surface area contributed by atoms with Gasteiger partial charge in [0.15, 0.2) is 12.2 Å². The first-order valence-electron chi connectivity index (χ1n) is 6.68. The molecule has 7 heteroatoms. The molecule has 4 rings (SSSR count). The molecule has 22 heavy (non-hydrogen) atoms. The molecule has 0 atom stereocenters. The predicted octanol–water partition coefficient (Wildman–Crippen LogP) is 3.41. The Bertz CT molecular complexity index is 835. The third-order valence-electron chi connectivity index (χ3n) is 3.29. The molecule has 0 aliphatic carbocycles. The minimum Gasteiger partial charge on any atom is -0.439 e. The van der Waals surface area contributed by atoms with Crippen LogP contribution >= 0.6 is 11.3 Å². The maximum Gasteiger partial charge on any atom is 0.414 e. The maximum absolute atomic E-state index is 12.1. The molecule has 2 aromatic heterocycles. The van der Waals surface area contributed by atoms with Gasteiger partial charge >= 0.3 is 6.09 Å². The Labute approximate surface area is 129 Å². The van der Waals surface area contributed by atoms with E-state index >= 15 is 0 Å². The largest absolute Gasteiger partial charge is 0.439 e. The molecule has 0 radical (unpaired) electrons. The second-order valence-electron chi connectivity index (χ2n) is 4.73. The maximum atomic E-state index is 12.1. The Kier molecular flexibility index (Phi) is 3.12. The number of thiazole rings is 1. The molecule has 0 saturated carbocycles. The first-order chi connectivity index (χ1) is 10.8. The summed E-state index contributed by atoms with van der Waals surface area (Å²) in [7, 11) is 0. The number of hydrogen-bond donors (Lipinski definition) is 0. The summed E-state index contributed by atoms with van der Waals surface area (Å²) in [5, 5.41) is 0. The fraction of sp³-hybridized carbons (Fsp3) is 0.133. The van der Waals surface area contributed by atoms with E-state index in [0.717, 1.165) is 16.1 Å². The number of aromatic nitrogens is 2. The van der Waals surface area contributed by atoms with Crippen molar-refractivity contribution >= 4 is 34.6 Å². The lowest BCUT2D eigenvalue weighted by atomic mass is 10.3. The van der Waals surface area contributed by atoms with Gasteiger partial charge in [-0.15, -0.1) is 11.3 Å². The number of ether oxygens (including phenoxy) is 1. The molecule has 0 bridgehead atoms. The highest BCUT2D eigenvalue weighted by Gasteiger charge is 2.20. The summed E-state index contributed by atoms with van der Waals surface area (Å²) < 4.78 is 10.8. The van der Waals surface area contributed by atoms with Crippen LogP contribution in [-0.4, -0.2) is 21.0 Å². The summed E-state index contributed by atoms with van der Waals surface area (Å²) in [6, 6.07) is 7.43. The van der Waals surface area contributed by atoms with E-state index in [0.29, 0.717) is 18.0 Å². The van der Waals surface area contributed by atoms with Crippen molar-refractivity contribution in [3.8, 4) is 0 Å². The van der Waals surface area contributed by atoms with E-state index in [1.807, 2.05) is 24.3 Å². The van der Waals surface area contributed by atoms with Gasteiger partial charge in [-0.25, -0.2) is 14.8 Å². The molecule has 1 aliphatic heterocycles. The molecule has 0 saturated heterocycles. The summed E-state index contributed by atoms with van der Waals surface area (Å²) in [6.45, 7) is 0.482. The van der Waals surface area contributed by atoms with Crippen LogP contribution in [0.15, 0.2) is 40.4 Å². The molecule has 1 aliphatic rings. The number of fused-ring (bicyclic) bond motifs is 2. The highest BCUT2D eigenvalue weighted by atomic mass is 32.1. The second kappa shape index (κ2) is 5.27. The van der Waals surface area contributed by atoms with Gasteiger partial charge in [0, 0.05) is 6.20 Å². The molecule has 1 aromatic carbocycles. The lowest BCUT2D eigenvalue weighted by Gasteiger charge is -2.19. The lowest BCUT2D eigenvalue weighted by Crippen LogP contribution is -2.27. The molecule has 0 unspecified atom stereocenters. The van der Waals surface area contributed by atoms with Crippen LogP contribution in [0.1, 0.15) is 16.5 Å². The summed E-state index contributed by atoms with van der Waals surface area (Å²) in [5.74, 6) is 0.383. The van der Waals surface area contributed by atoms with E-state index in [4.69, 9.17) is 9.15 Å². The smallest absolute Gasteiger partial charge is 0.414 e. The van der Waals surface area contributed by atoms with Crippen molar-refractivity contribution in [3.63, 3.8) is 0 Å². The molecule has 1 amide bonds. The number of carbonyl (C=O) groups excluding carboxylic acids is 1. The van der Waals surface area contributed by atoms with Gasteiger partial charge in [-0.3, -0.25) is 4.90 Å². The SMILES string of the molecule is O=C(OCc1nc2ccccc2o1)N1C=Cc2ncsc2C1. The normalized spacial score (nSPS) is 13.4. The van der Waals surface area contributed by atoms with Crippen molar-refractivity contribution in [3.05, 3.63) is 52.4 Å². The molecule has 6 nitrogen and oxygen atoms in total. The van der Waals surface area contributed by atoms with Gasteiger partial charge in [0.2, 0.25) is 5.89 Å². The van der Waals surface area contributed by atoms with Crippen molar-refractivity contribution in [2.45, 2.75) is 13.2 Å². The molecule has 3 heterocycles. The Morgan fingerprint density at radius 1 is 1.41 bits per heavy atom. The first kappa shape index (κ1) is 13.0. The van der Waals surface area contributed by atoms with Gasteiger partial charge in [0.25, 0.3) is 0 Å². The number of benzene rings is 1. The van der Waals surface area contributed by atoms with E-state index in [-0.39, 0.29) is 6.61 Å². The zero-order chi connectivity index (χ0) is 14.9. The molecule has 0 fully saturated rings. The monoisotopic (exact) mass is 313 g/mol. The zero-order valence-corrected chi connectivity index (χ0v) is 12.2. The molecular formula is C15H11N3O3S. The van der Waals surface area contributed by atoms with Gasteiger partial charge in [0.1, 0.15) is 5.52 Å². The fourth-order valence-corrected chi connectivity index (χ4v) is 2.96. The highest BCUT2D eigenvalue weighted by Crippen LogP contribution is 2.23. The Balaban J connectivity index is 1.42. The number of oxazole rings is 1. The molecule has 110 valence electrons. The van der Waals surface area contributed by atoms with Gasteiger partial charge in [-0.05, 0) is 18.2 Å². The van der Waals surface area contributed by atoms with Crippen LogP contribution in [0.25, 0.3) is 17.2 Å². The first-order valence-corrected chi connectivity index (χ1v) is 7.56. The van der Waals surface area contributed by atoms with Crippen LogP contribution in [0.2, 0.25) is 0 Å². The summed E-state index contributed by atoms with van der Waals surface area (Å²) in [4.78, 5) is 23.1. The van der Waals surface area contributed by atoms with Gasteiger partial charge < -0.3 is 9.15 Å². The average molecular weight is 313 g/mol. The second-order valence-corrected chi connectivity index (χ2v) is 5.67. The number of carbonyl (C=O) groups is 1. The highest BCUT2D eigenvalue weighted by molar-refractivity contribution is 7.09. The van der Waals surface area contributed by atoms with E-state index in [9.17, 15) is 4.79 Å². The Morgan fingerprint density at radius 2 is 2.32 bits per heavy atom. The fourth-order valence-electron chi connectivity index (χ4n) is 2.21. The number of rotatable bonds is 2. The molecule has 0 N–H and O–H groups in total. The van der Waals surface area contributed by atoms with Gasteiger partial charge in [0.05, 0.1) is 22.6 Å². The predicted molar refractivity (Wildman–Crippen MR) is 80.9 cm³/mol. The van der Waals surface area contributed by atoms with Crippen molar-refractivity contribution in [2.24, 2.45) is 0 Å². The van der Waals surface area contributed by atoms with Crippen molar-refractivity contribution in [1.29, 1.82) is 0 Å². The van der Waals surface area contributed by atoms with Crippen LogP contribution < -0.4 is 0 Å². The van der Waals surface area contributed by atoms with Crippen LogP contribution in [0.4, 0.5) is 4.79 Å². The number of nitrogens with zero attached hydrogens (tertiary/aromatic N) is 3. The summed E-state index contributed by atoms with van der Waals surface area (Å²) >= 11 is 1.52. The minimum atomic E-state index is -0.433. The Morgan fingerprint density at radius 3 is 3.23 bits per heavy atom. The third-order valence-corrected chi connectivity index (χ3v) is 4.12. The van der Waals surface area contributed by atoms with Crippen molar-refractivity contribution in [2.75, 3.05) is 0 Å². The minimum absolute atomic E-state index is 0.00734. The van der Waals surface area contributed by atoms with Crippen molar-refractivity contribution < 1.29 is 13.9 Å². The summed E-state index contributed by atoms with van der Waals surface area (Å²) in [5.41, 5.74) is 4.11. The number of amides is 1.